The predicted molar refractivity (Wildman–Crippen MR) is 131 cm³/mol. The maximum Gasteiger partial charge on any atom is 0.293 e. The zero-order valence-electron chi connectivity index (χ0n) is 19.3. The van der Waals surface area contributed by atoms with Gasteiger partial charge in [0.05, 0.1) is 23.5 Å². The van der Waals surface area contributed by atoms with Gasteiger partial charge in [0.25, 0.3) is 11.1 Å². The number of carbonyl (C=O) groups is 4. The molecule has 3 aliphatic heterocycles. The second kappa shape index (κ2) is 9.91. The smallest absolute Gasteiger partial charge is 0.293 e. The van der Waals surface area contributed by atoms with Crippen LogP contribution in [0.15, 0.2) is 23.1 Å². The first-order chi connectivity index (χ1) is 16.3. The average molecular weight is 506 g/mol. The molecule has 0 spiro atoms. The lowest BCUT2D eigenvalue weighted by molar-refractivity contribution is -0.137. The van der Waals surface area contributed by atoms with Crippen LogP contribution in [-0.2, 0) is 14.4 Å². The molecule has 3 saturated heterocycles. The van der Waals surface area contributed by atoms with E-state index in [9.17, 15) is 19.2 Å². The van der Waals surface area contributed by atoms with Gasteiger partial charge in [0.2, 0.25) is 11.8 Å². The van der Waals surface area contributed by atoms with Crippen molar-refractivity contribution in [1.29, 1.82) is 0 Å². The summed E-state index contributed by atoms with van der Waals surface area (Å²) in [5.74, 6) is 1.02. The van der Waals surface area contributed by atoms with Crippen LogP contribution in [0.3, 0.4) is 0 Å². The van der Waals surface area contributed by atoms with Crippen molar-refractivity contribution in [2.75, 3.05) is 32.6 Å². The van der Waals surface area contributed by atoms with Crippen molar-refractivity contribution < 1.29 is 28.7 Å². The minimum absolute atomic E-state index is 0.00496. The van der Waals surface area contributed by atoms with Crippen molar-refractivity contribution >= 4 is 52.6 Å². The Labute approximate surface area is 206 Å². The first kappa shape index (κ1) is 24.5. The molecule has 182 valence electrons. The summed E-state index contributed by atoms with van der Waals surface area (Å²) in [6, 6.07) is 4.76. The van der Waals surface area contributed by atoms with E-state index >= 15 is 0 Å². The molecule has 3 fully saturated rings. The first-order valence-corrected chi connectivity index (χ1v) is 12.9. The van der Waals surface area contributed by atoms with Gasteiger partial charge in [0.1, 0.15) is 6.04 Å². The number of nitrogens with one attached hydrogen (secondary N) is 1. The summed E-state index contributed by atoms with van der Waals surface area (Å²) in [6.07, 6.45) is 2.83. The van der Waals surface area contributed by atoms with Crippen LogP contribution in [0.25, 0.3) is 6.08 Å². The molecule has 4 rings (SSSR count). The second-order valence-corrected chi connectivity index (χ2v) is 10.7. The second-order valence-electron chi connectivity index (χ2n) is 8.23. The molecule has 3 aliphatic rings. The zero-order chi connectivity index (χ0) is 24.5. The predicted octanol–water partition coefficient (Wildman–Crippen LogP) is 2.70. The van der Waals surface area contributed by atoms with Gasteiger partial charge in [-0.05, 0) is 55.8 Å². The number of methoxy groups -OCH3 is 1. The van der Waals surface area contributed by atoms with Gasteiger partial charge in [-0.15, -0.1) is 11.8 Å². The molecular weight excluding hydrogens is 478 g/mol. The minimum Gasteiger partial charge on any atom is -0.493 e. The van der Waals surface area contributed by atoms with Crippen LogP contribution in [0.1, 0.15) is 32.3 Å². The van der Waals surface area contributed by atoms with Crippen LogP contribution in [0, 0.1) is 0 Å². The molecular formula is C23H27N3O6S2. The SMILES string of the molecule is CCOc1ccc(/C=C2\SC(=O)N(CCNC(=O)[C@@H]3CS[C@]4(C)CCC(=O)N34)C2=O)cc1OC. The molecule has 0 radical (unpaired) electrons. The Kier molecular flexibility index (Phi) is 7.13. The van der Waals surface area contributed by atoms with E-state index in [-0.39, 0.29) is 35.0 Å². The molecule has 11 heteroatoms. The molecule has 0 aromatic heterocycles. The van der Waals surface area contributed by atoms with Crippen molar-refractivity contribution in [1.82, 2.24) is 15.1 Å². The number of amides is 4. The monoisotopic (exact) mass is 505 g/mol. The molecule has 0 unspecified atom stereocenters. The molecule has 4 amide bonds. The molecule has 1 aromatic rings. The highest BCUT2D eigenvalue weighted by molar-refractivity contribution is 8.18. The first-order valence-electron chi connectivity index (χ1n) is 11.1. The molecule has 0 aliphatic carbocycles. The van der Waals surface area contributed by atoms with E-state index in [1.807, 2.05) is 13.8 Å². The fourth-order valence-electron chi connectivity index (χ4n) is 4.32. The molecule has 9 nitrogen and oxygen atoms in total. The number of imide groups is 1. The summed E-state index contributed by atoms with van der Waals surface area (Å²) in [5.41, 5.74) is 0.705. The fourth-order valence-corrected chi connectivity index (χ4v) is 6.61. The standard InChI is InChI=1S/C23H27N3O6S2/c1-4-32-16-6-5-14(11-17(16)31-3)12-18-21(29)25(22(30)34-18)10-9-24-20(28)15-13-33-23(2)8-7-19(27)26(15)23/h5-6,11-12,15H,4,7-10,13H2,1-3H3,(H,24,28)/b18-12-/t15-,23+/m0/s1. The molecule has 0 saturated carbocycles. The number of thioether (sulfide) groups is 2. The van der Waals surface area contributed by atoms with Gasteiger partial charge in [-0.1, -0.05) is 6.07 Å². The van der Waals surface area contributed by atoms with Crippen LogP contribution >= 0.6 is 23.5 Å². The lowest BCUT2D eigenvalue weighted by Gasteiger charge is -2.29. The highest BCUT2D eigenvalue weighted by Crippen LogP contribution is 2.47. The molecule has 34 heavy (non-hydrogen) atoms. The topological polar surface area (TPSA) is 105 Å². The van der Waals surface area contributed by atoms with Crippen LogP contribution < -0.4 is 14.8 Å². The van der Waals surface area contributed by atoms with E-state index < -0.39 is 11.9 Å². The molecule has 1 N–H and O–H groups in total. The number of carbonyl (C=O) groups excluding carboxylic acids is 4. The number of fused-ring (bicyclic) bond motifs is 1. The Hall–Kier alpha value is -2.66. The third-order valence-corrected chi connectivity index (χ3v) is 8.45. The lowest BCUT2D eigenvalue weighted by atomic mass is 10.2. The quantitative estimate of drug-likeness (QED) is 0.538. The Morgan fingerprint density at radius 2 is 2.09 bits per heavy atom. The highest BCUT2D eigenvalue weighted by Gasteiger charge is 2.52. The van der Waals surface area contributed by atoms with Crippen LogP contribution in [-0.4, -0.2) is 76.2 Å². The summed E-state index contributed by atoms with van der Waals surface area (Å²) >= 11 is 2.48. The molecule has 0 bridgehead atoms. The van der Waals surface area contributed by atoms with Crippen LogP contribution in [0.2, 0.25) is 0 Å². The summed E-state index contributed by atoms with van der Waals surface area (Å²) in [4.78, 5) is 53.0. The van der Waals surface area contributed by atoms with E-state index in [0.29, 0.717) is 40.7 Å². The van der Waals surface area contributed by atoms with Crippen molar-refractivity contribution in [3.8, 4) is 11.5 Å². The minimum atomic E-state index is -0.519. The van der Waals surface area contributed by atoms with Crippen molar-refractivity contribution in [3.05, 3.63) is 28.7 Å². The number of rotatable bonds is 8. The van der Waals surface area contributed by atoms with Crippen molar-refractivity contribution in [2.45, 2.75) is 37.6 Å². The van der Waals surface area contributed by atoms with Gasteiger partial charge in [0.15, 0.2) is 11.5 Å². The van der Waals surface area contributed by atoms with Gasteiger partial charge < -0.3 is 19.7 Å². The van der Waals surface area contributed by atoms with E-state index in [1.165, 1.54) is 7.11 Å². The number of ether oxygens (including phenoxy) is 2. The fraction of sp³-hybridized carbons (Fsp3) is 0.478. The molecule has 2 atom stereocenters. The van der Waals surface area contributed by atoms with Crippen molar-refractivity contribution in [3.63, 3.8) is 0 Å². The number of nitrogens with zero attached hydrogens (tertiary/aromatic N) is 2. The number of hydrogen-bond acceptors (Lipinski definition) is 8. The average Bonchev–Trinajstić information content (AvgIpc) is 3.40. The van der Waals surface area contributed by atoms with E-state index in [2.05, 4.69) is 5.32 Å². The Balaban J connectivity index is 1.35. The third kappa shape index (κ3) is 4.63. The largest absolute Gasteiger partial charge is 0.493 e. The Morgan fingerprint density at radius 1 is 1.29 bits per heavy atom. The van der Waals surface area contributed by atoms with Gasteiger partial charge in [0, 0.05) is 25.3 Å². The van der Waals surface area contributed by atoms with Gasteiger partial charge in [-0.2, -0.15) is 0 Å². The summed E-state index contributed by atoms with van der Waals surface area (Å²) in [5, 5.41) is 2.40. The van der Waals surface area contributed by atoms with Crippen LogP contribution in [0.4, 0.5) is 4.79 Å². The summed E-state index contributed by atoms with van der Waals surface area (Å²) < 4.78 is 10.8. The molecule has 1 aromatic carbocycles. The highest BCUT2D eigenvalue weighted by atomic mass is 32.2. The summed E-state index contributed by atoms with van der Waals surface area (Å²) in [7, 11) is 1.54. The van der Waals surface area contributed by atoms with Crippen molar-refractivity contribution in [2.24, 2.45) is 0 Å². The van der Waals surface area contributed by atoms with E-state index in [1.54, 1.807) is 40.9 Å². The van der Waals surface area contributed by atoms with Gasteiger partial charge >= 0.3 is 0 Å². The number of benzene rings is 1. The lowest BCUT2D eigenvalue weighted by Crippen LogP contribution is -2.51. The summed E-state index contributed by atoms with van der Waals surface area (Å²) in [6.45, 7) is 4.55. The van der Waals surface area contributed by atoms with Crippen LogP contribution in [0.5, 0.6) is 11.5 Å². The normalized spacial score (nSPS) is 25.3. The Morgan fingerprint density at radius 3 is 2.82 bits per heavy atom. The third-order valence-electron chi connectivity index (χ3n) is 6.04. The zero-order valence-corrected chi connectivity index (χ0v) is 20.9. The maximum atomic E-state index is 12.8. The maximum absolute atomic E-state index is 12.8. The van der Waals surface area contributed by atoms with E-state index in [4.69, 9.17) is 9.47 Å². The molecule has 3 heterocycles. The Bertz CT molecular complexity index is 1060. The number of hydrogen-bond donors (Lipinski definition) is 1. The van der Waals surface area contributed by atoms with Gasteiger partial charge in [-0.3, -0.25) is 24.1 Å². The van der Waals surface area contributed by atoms with E-state index in [0.717, 1.165) is 23.1 Å². The van der Waals surface area contributed by atoms with Gasteiger partial charge in [-0.25, -0.2) is 0 Å².